The van der Waals surface area contributed by atoms with Gasteiger partial charge in [0.05, 0.1) is 12.0 Å². The molecule has 0 atom stereocenters. The Morgan fingerprint density at radius 3 is 2.39 bits per heavy atom. The van der Waals surface area contributed by atoms with Crippen LogP contribution in [0.5, 0.6) is 0 Å². The van der Waals surface area contributed by atoms with Crippen LogP contribution in [0.4, 0.5) is 5.69 Å². The molecule has 0 amide bonds. The number of methoxy groups -OCH3 is 1. The van der Waals surface area contributed by atoms with Gasteiger partial charge in [0.15, 0.2) is 0 Å². The minimum Gasteiger partial charge on any atom is -0.466 e. The Morgan fingerprint density at radius 1 is 1.07 bits per heavy atom. The van der Waals surface area contributed by atoms with Crippen LogP contribution in [0.3, 0.4) is 0 Å². The number of hydrogen-bond donors (Lipinski definition) is 0. The fourth-order valence-corrected chi connectivity index (χ4v) is 4.60. The summed E-state index contributed by atoms with van der Waals surface area (Å²) in [4.78, 5) is 13.6. The number of ether oxygens (including phenoxy) is 1. The van der Waals surface area contributed by atoms with E-state index in [-0.39, 0.29) is 4.90 Å². The van der Waals surface area contributed by atoms with Crippen LogP contribution in [0, 0.1) is 0 Å². The van der Waals surface area contributed by atoms with Gasteiger partial charge in [-0.05, 0) is 48.0 Å². The average Bonchev–Trinajstić information content (AvgIpc) is 2.73. The lowest BCUT2D eigenvalue weighted by molar-refractivity contribution is -0.134. The maximum absolute atomic E-state index is 13.0. The second-order valence-corrected chi connectivity index (χ2v) is 8.67. The molecule has 0 saturated carbocycles. The van der Waals surface area contributed by atoms with Gasteiger partial charge in [-0.3, -0.25) is 0 Å². The largest absolute Gasteiger partial charge is 0.466 e. The number of anilines is 1. The predicted molar refractivity (Wildman–Crippen MR) is 110 cm³/mol. The molecule has 1 heterocycles. The number of esters is 1. The van der Waals surface area contributed by atoms with Crippen molar-refractivity contribution in [3.8, 4) is 0 Å². The van der Waals surface area contributed by atoms with Crippen molar-refractivity contribution in [2.24, 2.45) is 0 Å². The van der Waals surface area contributed by atoms with E-state index in [9.17, 15) is 13.2 Å². The highest BCUT2D eigenvalue weighted by atomic mass is 35.5. The molecule has 2 aromatic carbocycles. The van der Waals surface area contributed by atoms with Crippen molar-refractivity contribution in [1.82, 2.24) is 4.31 Å². The molecule has 0 bridgehead atoms. The number of sulfonamides is 1. The second-order valence-electron chi connectivity index (χ2n) is 6.30. The first kappa shape index (κ1) is 20.4. The molecule has 0 aromatic heterocycles. The third-order valence-corrected chi connectivity index (χ3v) is 6.69. The van der Waals surface area contributed by atoms with E-state index in [4.69, 9.17) is 11.6 Å². The summed E-state index contributed by atoms with van der Waals surface area (Å²) in [5, 5.41) is 0.672. The molecule has 28 heavy (non-hydrogen) atoms. The number of nitrogens with zero attached hydrogens (tertiary/aromatic N) is 2. The molecule has 3 rings (SSSR count). The first-order valence-electron chi connectivity index (χ1n) is 8.77. The molecule has 1 aliphatic heterocycles. The van der Waals surface area contributed by atoms with Gasteiger partial charge in [0.1, 0.15) is 0 Å². The smallest absolute Gasteiger partial charge is 0.330 e. The van der Waals surface area contributed by atoms with Crippen molar-refractivity contribution >= 4 is 39.4 Å². The molecule has 1 saturated heterocycles. The summed E-state index contributed by atoms with van der Waals surface area (Å²) in [6, 6.07) is 14.0. The normalized spacial score (nSPS) is 15.7. The SMILES string of the molecule is COC(=O)C=Cc1cccc(S(=O)(=O)N2CCN(c3ccc(Cl)cc3)CC2)c1. The van der Waals surface area contributed by atoms with Crippen LogP contribution in [-0.2, 0) is 19.6 Å². The number of halogens is 1. The van der Waals surface area contributed by atoms with Crippen molar-refractivity contribution < 1.29 is 17.9 Å². The predicted octanol–water partition coefficient (Wildman–Crippen LogP) is 3.04. The highest BCUT2D eigenvalue weighted by Gasteiger charge is 2.28. The topological polar surface area (TPSA) is 66.9 Å². The third kappa shape index (κ3) is 4.73. The van der Waals surface area contributed by atoms with Crippen molar-refractivity contribution in [2.75, 3.05) is 38.2 Å². The number of piperazine rings is 1. The summed E-state index contributed by atoms with van der Waals surface area (Å²) in [6.07, 6.45) is 2.79. The fraction of sp³-hybridized carbons (Fsp3) is 0.250. The minimum absolute atomic E-state index is 0.208. The standard InChI is InChI=1S/C20H21ClN2O4S/c1-27-20(24)10-5-16-3-2-4-19(15-16)28(25,26)23-13-11-22(12-14-23)18-8-6-17(21)7-9-18/h2-10,15H,11-14H2,1H3. The summed E-state index contributed by atoms with van der Waals surface area (Å²) < 4.78 is 32.0. The maximum atomic E-state index is 13.0. The number of benzene rings is 2. The van der Waals surface area contributed by atoms with E-state index in [0.29, 0.717) is 36.8 Å². The molecule has 2 aromatic rings. The molecule has 1 aliphatic rings. The second kappa shape index (κ2) is 8.77. The molecule has 0 N–H and O–H groups in total. The number of hydrogen-bond acceptors (Lipinski definition) is 5. The number of rotatable bonds is 5. The van der Waals surface area contributed by atoms with E-state index < -0.39 is 16.0 Å². The zero-order chi connectivity index (χ0) is 20.1. The van der Waals surface area contributed by atoms with Crippen LogP contribution < -0.4 is 4.90 Å². The van der Waals surface area contributed by atoms with Crippen molar-refractivity contribution in [1.29, 1.82) is 0 Å². The van der Waals surface area contributed by atoms with E-state index in [0.717, 1.165) is 5.69 Å². The van der Waals surface area contributed by atoms with Crippen LogP contribution in [0.25, 0.3) is 6.08 Å². The Balaban J connectivity index is 1.71. The molecule has 0 aliphatic carbocycles. The first-order chi connectivity index (χ1) is 13.4. The molecular weight excluding hydrogens is 400 g/mol. The van der Waals surface area contributed by atoms with Gasteiger partial charge in [-0.1, -0.05) is 23.7 Å². The lowest BCUT2D eigenvalue weighted by Crippen LogP contribution is -2.48. The van der Waals surface area contributed by atoms with Gasteiger partial charge in [0.2, 0.25) is 10.0 Å². The van der Waals surface area contributed by atoms with Gasteiger partial charge in [-0.15, -0.1) is 0 Å². The zero-order valence-electron chi connectivity index (χ0n) is 15.4. The van der Waals surface area contributed by atoms with Gasteiger partial charge in [0.25, 0.3) is 0 Å². The monoisotopic (exact) mass is 420 g/mol. The Labute approximate surface area is 170 Å². The van der Waals surface area contributed by atoms with Crippen LogP contribution in [0.15, 0.2) is 59.5 Å². The fourth-order valence-electron chi connectivity index (χ4n) is 3.00. The first-order valence-corrected chi connectivity index (χ1v) is 10.6. The Kier molecular flexibility index (Phi) is 6.39. The Morgan fingerprint density at radius 2 is 1.75 bits per heavy atom. The molecule has 0 unspecified atom stereocenters. The summed E-state index contributed by atoms with van der Waals surface area (Å²) in [6.45, 7) is 1.99. The van der Waals surface area contributed by atoms with Crippen molar-refractivity contribution in [3.63, 3.8) is 0 Å². The molecule has 6 nitrogen and oxygen atoms in total. The summed E-state index contributed by atoms with van der Waals surface area (Å²) >= 11 is 5.93. The zero-order valence-corrected chi connectivity index (χ0v) is 17.0. The van der Waals surface area contributed by atoms with Crippen LogP contribution in [-0.4, -0.2) is 52.0 Å². The average molecular weight is 421 g/mol. The van der Waals surface area contributed by atoms with E-state index in [2.05, 4.69) is 9.64 Å². The highest BCUT2D eigenvalue weighted by molar-refractivity contribution is 7.89. The molecule has 148 valence electrons. The molecular formula is C20H21ClN2O4S. The van der Waals surface area contributed by atoms with Gasteiger partial charge in [-0.25, -0.2) is 13.2 Å². The molecule has 8 heteroatoms. The quantitative estimate of drug-likeness (QED) is 0.549. The summed E-state index contributed by atoms with van der Waals surface area (Å²) in [7, 11) is -2.32. The summed E-state index contributed by atoms with van der Waals surface area (Å²) in [5.74, 6) is -0.494. The van der Waals surface area contributed by atoms with Gasteiger partial charge < -0.3 is 9.64 Å². The van der Waals surface area contributed by atoms with Crippen molar-refractivity contribution in [2.45, 2.75) is 4.90 Å². The van der Waals surface area contributed by atoms with Gasteiger partial charge in [0, 0.05) is 43.0 Å². The minimum atomic E-state index is -3.61. The van der Waals surface area contributed by atoms with E-state index >= 15 is 0 Å². The molecule has 0 radical (unpaired) electrons. The van der Waals surface area contributed by atoms with Crippen LogP contribution in [0.1, 0.15) is 5.56 Å². The third-order valence-electron chi connectivity index (χ3n) is 4.54. The van der Waals surface area contributed by atoms with E-state index in [1.807, 2.05) is 24.3 Å². The Hall–Kier alpha value is -2.35. The lowest BCUT2D eigenvalue weighted by atomic mass is 10.2. The molecule has 0 spiro atoms. The van der Waals surface area contributed by atoms with E-state index in [1.54, 1.807) is 24.3 Å². The molecule has 1 fully saturated rings. The lowest BCUT2D eigenvalue weighted by Gasteiger charge is -2.35. The maximum Gasteiger partial charge on any atom is 0.330 e. The van der Waals surface area contributed by atoms with Crippen LogP contribution in [0.2, 0.25) is 5.02 Å². The Bertz CT molecular complexity index is 966. The number of carbonyl (C=O) groups is 1. The van der Waals surface area contributed by atoms with Crippen LogP contribution >= 0.6 is 11.6 Å². The van der Waals surface area contributed by atoms with Gasteiger partial charge in [-0.2, -0.15) is 4.31 Å². The number of carbonyl (C=O) groups excluding carboxylic acids is 1. The highest BCUT2D eigenvalue weighted by Crippen LogP contribution is 2.23. The van der Waals surface area contributed by atoms with Gasteiger partial charge >= 0.3 is 5.97 Å². The van der Waals surface area contributed by atoms with E-state index in [1.165, 1.54) is 23.6 Å². The van der Waals surface area contributed by atoms with Crippen molar-refractivity contribution in [3.05, 3.63) is 65.2 Å². The summed E-state index contributed by atoms with van der Waals surface area (Å²) in [5.41, 5.74) is 1.64.